The number of carbonyl (C=O) groups excluding carboxylic acids is 1. The normalized spacial score (nSPS) is 18.0. The van der Waals surface area contributed by atoms with Crippen LogP contribution < -0.4 is 10.2 Å². The number of likely N-dealkylation sites (tertiary alicyclic amines) is 1. The molecule has 7 heteroatoms. The maximum Gasteiger partial charge on any atom is 0.255 e. The summed E-state index contributed by atoms with van der Waals surface area (Å²) in [5.41, 5.74) is 1.90. The number of ether oxygens (including phenoxy) is 1. The van der Waals surface area contributed by atoms with Gasteiger partial charge in [-0.15, -0.1) is 24.8 Å². The molecule has 0 aliphatic carbocycles. The van der Waals surface area contributed by atoms with Crippen molar-refractivity contribution in [1.82, 2.24) is 10.2 Å². The summed E-state index contributed by atoms with van der Waals surface area (Å²) in [7, 11) is 2.00. The molecular weight excluding hydrogens is 373 g/mol. The quantitative estimate of drug-likeness (QED) is 0.820. The van der Waals surface area contributed by atoms with E-state index in [9.17, 15) is 4.79 Å². The number of hydrogen-bond donors (Lipinski definition) is 1. The van der Waals surface area contributed by atoms with E-state index in [0.29, 0.717) is 0 Å². The minimum Gasteiger partial charge on any atom is -0.378 e. The van der Waals surface area contributed by atoms with Gasteiger partial charge in [0.2, 0.25) is 0 Å². The Bertz CT molecular complexity index is 545. The SMILES string of the molecule is CNCCC1CCN(C(=O)c2ccccc2N2CCOCC2)CC1.Cl.Cl. The molecule has 1 N–H and O–H groups in total. The summed E-state index contributed by atoms with van der Waals surface area (Å²) in [6, 6.07) is 8.03. The highest BCUT2D eigenvalue weighted by molar-refractivity contribution is 5.99. The van der Waals surface area contributed by atoms with Crippen molar-refractivity contribution in [3.05, 3.63) is 29.8 Å². The lowest BCUT2D eigenvalue weighted by Crippen LogP contribution is -2.41. The fourth-order valence-corrected chi connectivity index (χ4v) is 3.68. The van der Waals surface area contributed by atoms with E-state index in [0.717, 1.165) is 75.9 Å². The summed E-state index contributed by atoms with van der Waals surface area (Å²) in [6.45, 7) is 6.01. The van der Waals surface area contributed by atoms with Gasteiger partial charge < -0.3 is 19.9 Å². The minimum absolute atomic E-state index is 0. The van der Waals surface area contributed by atoms with Crippen molar-refractivity contribution in [3.63, 3.8) is 0 Å². The Morgan fingerprint density at radius 1 is 1.12 bits per heavy atom. The highest BCUT2D eigenvalue weighted by atomic mass is 35.5. The topological polar surface area (TPSA) is 44.8 Å². The van der Waals surface area contributed by atoms with Gasteiger partial charge in [0.1, 0.15) is 0 Å². The van der Waals surface area contributed by atoms with Crippen molar-refractivity contribution < 1.29 is 9.53 Å². The van der Waals surface area contributed by atoms with Crippen LogP contribution >= 0.6 is 24.8 Å². The van der Waals surface area contributed by atoms with Crippen LogP contribution in [0.15, 0.2) is 24.3 Å². The monoisotopic (exact) mass is 403 g/mol. The van der Waals surface area contributed by atoms with Gasteiger partial charge in [0.05, 0.1) is 18.8 Å². The second-order valence-corrected chi connectivity index (χ2v) is 6.74. The van der Waals surface area contributed by atoms with Crippen LogP contribution in [0.25, 0.3) is 0 Å². The third-order valence-electron chi connectivity index (χ3n) is 5.19. The number of rotatable bonds is 5. The Kier molecular flexibility index (Phi) is 10.3. The van der Waals surface area contributed by atoms with Crippen LogP contribution in [0.4, 0.5) is 5.69 Å². The lowest BCUT2D eigenvalue weighted by atomic mass is 9.93. The Morgan fingerprint density at radius 2 is 1.77 bits per heavy atom. The molecule has 0 unspecified atom stereocenters. The van der Waals surface area contributed by atoms with Gasteiger partial charge in [-0.1, -0.05) is 12.1 Å². The maximum atomic E-state index is 13.0. The Hall–Kier alpha value is -1.01. The van der Waals surface area contributed by atoms with Crippen molar-refractivity contribution >= 4 is 36.4 Å². The van der Waals surface area contributed by atoms with E-state index >= 15 is 0 Å². The number of amides is 1. The van der Waals surface area contributed by atoms with E-state index < -0.39 is 0 Å². The first-order valence-electron chi connectivity index (χ1n) is 9.15. The molecule has 0 bridgehead atoms. The number of nitrogens with one attached hydrogen (secondary N) is 1. The first-order valence-corrected chi connectivity index (χ1v) is 9.15. The van der Waals surface area contributed by atoms with Crippen molar-refractivity contribution in [2.75, 3.05) is 57.9 Å². The molecule has 0 atom stereocenters. The number of benzene rings is 1. The first-order chi connectivity index (χ1) is 11.8. The summed E-state index contributed by atoms with van der Waals surface area (Å²) in [5.74, 6) is 0.931. The molecule has 2 saturated heterocycles. The molecule has 5 nitrogen and oxygen atoms in total. The summed E-state index contributed by atoms with van der Waals surface area (Å²) < 4.78 is 5.44. The van der Waals surface area contributed by atoms with Gasteiger partial charge in [0.25, 0.3) is 5.91 Å². The van der Waals surface area contributed by atoms with Gasteiger partial charge >= 0.3 is 0 Å². The second-order valence-electron chi connectivity index (χ2n) is 6.74. The van der Waals surface area contributed by atoms with Crippen LogP contribution in [-0.2, 0) is 4.74 Å². The third-order valence-corrected chi connectivity index (χ3v) is 5.19. The number of morpholine rings is 1. The fourth-order valence-electron chi connectivity index (χ4n) is 3.68. The van der Waals surface area contributed by atoms with Crippen molar-refractivity contribution in [2.45, 2.75) is 19.3 Å². The standard InChI is InChI=1S/C19H29N3O2.2ClH/c1-20-9-6-16-7-10-22(11-8-16)19(23)17-4-2-3-5-18(17)21-12-14-24-15-13-21;;/h2-5,16,20H,6-15H2,1H3;2*1H. The van der Waals surface area contributed by atoms with Crippen LogP contribution in [0.2, 0.25) is 0 Å². The molecule has 0 aromatic heterocycles. The number of nitrogens with zero attached hydrogens (tertiary/aromatic N) is 2. The smallest absolute Gasteiger partial charge is 0.255 e. The van der Waals surface area contributed by atoms with Gasteiger partial charge in [-0.05, 0) is 50.9 Å². The molecule has 1 aromatic carbocycles. The van der Waals surface area contributed by atoms with Crippen molar-refractivity contribution in [1.29, 1.82) is 0 Å². The molecule has 3 rings (SSSR count). The van der Waals surface area contributed by atoms with Crippen molar-refractivity contribution in [3.8, 4) is 0 Å². The maximum absolute atomic E-state index is 13.0. The van der Waals surface area contributed by atoms with E-state index in [4.69, 9.17) is 4.74 Å². The molecule has 148 valence electrons. The molecule has 2 aliphatic rings. The molecule has 2 aliphatic heterocycles. The molecule has 0 spiro atoms. The largest absolute Gasteiger partial charge is 0.378 e. The van der Waals surface area contributed by atoms with Gasteiger partial charge in [-0.25, -0.2) is 0 Å². The summed E-state index contributed by atoms with van der Waals surface area (Å²) >= 11 is 0. The highest BCUT2D eigenvalue weighted by Gasteiger charge is 2.26. The van der Waals surface area contributed by atoms with E-state index in [1.807, 2.05) is 30.1 Å². The number of carbonyl (C=O) groups is 1. The van der Waals surface area contributed by atoms with Gasteiger partial charge in [0.15, 0.2) is 0 Å². The number of halogens is 2. The average molecular weight is 404 g/mol. The molecule has 1 amide bonds. The fraction of sp³-hybridized carbons (Fsp3) is 0.632. The lowest BCUT2D eigenvalue weighted by Gasteiger charge is -2.34. The number of hydrogen-bond acceptors (Lipinski definition) is 4. The summed E-state index contributed by atoms with van der Waals surface area (Å²) in [6.07, 6.45) is 3.45. The number of anilines is 1. The zero-order valence-electron chi connectivity index (χ0n) is 15.5. The predicted octanol–water partition coefficient (Wildman–Crippen LogP) is 2.83. The molecule has 1 aromatic rings. The number of para-hydroxylation sites is 1. The molecule has 2 heterocycles. The van der Waals surface area contributed by atoms with Crippen LogP contribution in [0, 0.1) is 5.92 Å². The van der Waals surface area contributed by atoms with Crippen LogP contribution in [-0.4, -0.2) is 63.8 Å². The zero-order valence-corrected chi connectivity index (χ0v) is 17.1. The Morgan fingerprint density at radius 3 is 2.42 bits per heavy atom. The van der Waals surface area contributed by atoms with Crippen molar-refractivity contribution in [2.24, 2.45) is 5.92 Å². The second kappa shape index (κ2) is 11.7. The number of piperidine rings is 1. The lowest BCUT2D eigenvalue weighted by molar-refractivity contribution is 0.0686. The average Bonchev–Trinajstić information content (AvgIpc) is 2.67. The Balaban J connectivity index is 0.00000169. The zero-order chi connectivity index (χ0) is 16.8. The van der Waals surface area contributed by atoms with E-state index in [1.165, 1.54) is 6.42 Å². The molecule has 2 fully saturated rings. The van der Waals surface area contributed by atoms with E-state index in [-0.39, 0.29) is 30.7 Å². The molecule has 0 saturated carbocycles. The summed E-state index contributed by atoms with van der Waals surface area (Å²) in [4.78, 5) is 17.4. The van der Waals surface area contributed by atoms with Crippen LogP contribution in [0.5, 0.6) is 0 Å². The van der Waals surface area contributed by atoms with Crippen LogP contribution in [0.3, 0.4) is 0 Å². The highest BCUT2D eigenvalue weighted by Crippen LogP contribution is 2.26. The summed E-state index contributed by atoms with van der Waals surface area (Å²) in [5, 5.41) is 3.22. The Labute approximate surface area is 169 Å². The van der Waals surface area contributed by atoms with Crippen LogP contribution in [0.1, 0.15) is 29.6 Å². The molecule has 26 heavy (non-hydrogen) atoms. The van der Waals surface area contributed by atoms with Gasteiger partial charge in [-0.3, -0.25) is 4.79 Å². The molecular formula is C19H31Cl2N3O2. The van der Waals surface area contributed by atoms with E-state index in [2.05, 4.69) is 16.3 Å². The van der Waals surface area contributed by atoms with Gasteiger partial charge in [0, 0.05) is 31.9 Å². The van der Waals surface area contributed by atoms with E-state index in [1.54, 1.807) is 0 Å². The molecule has 0 radical (unpaired) electrons. The van der Waals surface area contributed by atoms with Gasteiger partial charge in [-0.2, -0.15) is 0 Å². The predicted molar refractivity (Wildman–Crippen MR) is 111 cm³/mol. The first kappa shape index (κ1) is 23.0. The third kappa shape index (κ3) is 5.74. The minimum atomic E-state index is 0.